The molecular weight excluding hydrogens is 841 g/mol. The number of hydrogen-bond acceptors (Lipinski definition) is 14. The van der Waals surface area contributed by atoms with E-state index in [1.165, 1.54) is 30.4 Å². The highest BCUT2D eigenvalue weighted by atomic mass is 32.1. The van der Waals surface area contributed by atoms with Crippen molar-refractivity contribution in [2.75, 3.05) is 47.2 Å². The average molecular weight is 903 g/mol. The van der Waals surface area contributed by atoms with Gasteiger partial charge in [-0.25, -0.2) is 15.2 Å². The smallest absolute Gasteiger partial charge is 0.408 e. The number of nitrogens with zero attached hydrogens (tertiary/aromatic N) is 4. The van der Waals surface area contributed by atoms with Gasteiger partial charge in [0.25, 0.3) is 5.91 Å². The average Bonchev–Trinajstić information content (AvgIpc) is 3.86. The maximum Gasteiger partial charge on any atom is 0.408 e. The molecule has 0 radical (unpaired) electrons. The molecule has 2 N–H and O–H groups in total. The van der Waals surface area contributed by atoms with Gasteiger partial charge in [0, 0.05) is 73.7 Å². The fourth-order valence-corrected chi connectivity index (χ4v) is 9.59. The van der Waals surface area contributed by atoms with Gasteiger partial charge in [0.2, 0.25) is 0 Å². The summed E-state index contributed by atoms with van der Waals surface area (Å²) in [6, 6.07) is 4.70. The van der Waals surface area contributed by atoms with Gasteiger partial charge in [0.1, 0.15) is 30.0 Å². The highest BCUT2D eigenvalue weighted by Crippen LogP contribution is 2.47. The number of thiazole rings is 1. The minimum Gasteiger partial charge on any atom is -0.489 e. The van der Waals surface area contributed by atoms with Crippen LogP contribution in [-0.4, -0.2) is 108 Å². The Labute approximate surface area is 378 Å². The lowest BCUT2D eigenvalue weighted by molar-refractivity contribution is -0.150. The van der Waals surface area contributed by atoms with E-state index in [1.807, 2.05) is 24.6 Å². The van der Waals surface area contributed by atoms with Crippen LogP contribution in [0.5, 0.6) is 5.75 Å². The van der Waals surface area contributed by atoms with Crippen molar-refractivity contribution in [2.24, 2.45) is 5.41 Å². The number of hydrogen-bond donors (Lipinski definition) is 2. The number of aromatic nitrogens is 3. The maximum atomic E-state index is 14.1. The number of nitrogens with one attached hydrogen (secondary N) is 2. The van der Waals surface area contributed by atoms with Gasteiger partial charge in [-0.05, 0) is 95.0 Å². The van der Waals surface area contributed by atoms with Crippen LogP contribution in [0.2, 0.25) is 0 Å². The molecule has 0 bridgehead atoms. The predicted octanol–water partition coefficient (Wildman–Crippen LogP) is 7.06. The number of methoxy groups -OCH3 is 2. The summed E-state index contributed by atoms with van der Waals surface area (Å²) in [4.78, 5) is 61.9. The summed E-state index contributed by atoms with van der Waals surface area (Å²) in [7, 11) is 3.00. The van der Waals surface area contributed by atoms with Crippen LogP contribution in [0.3, 0.4) is 0 Å². The second-order valence-corrected chi connectivity index (χ2v) is 19.6. The van der Waals surface area contributed by atoms with Crippen molar-refractivity contribution in [1.29, 1.82) is 0 Å². The molecule has 7 rings (SSSR count). The van der Waals surface area contributed by atoms with E-state index in [1.54, 1.807) is 27.9 Å². The predicted molar refractivity (Wildman–Crippen MR) is 241 cm³/mol. The molecule has 1 aromatic carbocycles. The van der Waals surface area contributed by atoms with E-state index in [9.17, 15) is 19.2 Å². The molecule has 2 saturated heterocycles. The molecule has 346 valence electrons. The van der Waals surface area contributed by atoms with Crippen LogP contribution in [0.15, 0.2) is 29.8 Å². The molecule has 6 heterocycles. The number of benzene rings is 1. The van der Waals surface area contributed by atoms with Gasteiger partial charge < -0.3 is 38.3 Å². The van der Waals surface area contributed by atoms with E-state index in [0.717, 1.165) is 57.4 Å². The first kappa shape index (κ1) is 46.9. The second kappa shape index (κ2) is 19.6. The monoisotopic (exact) mass is 902 g/mol. The van der Waals surface area contributed by atoms with E-state index >= 15 is 0 Å². The standard InChI is InChI=1S/C47H62N6O10S/c1-27(58-8)40-33(20-31(24-48-40)29-12-16-60-17-13-29)41-34(23-47(6,7)26-62-28(2)54)32-19-30(21-38-42(32)52(41)15-18-61-38)37-25-64-39(49-37)22-36(50-45(57)63-46(3,4)5)43(55)53-14-10-11-35(51-53)44(56)59-9/h19-21,24-25,27,29,35-36,51H,10-18,22-23,26H2,1-9H3,(H,50,57)/t27-,35-,36-/m0/s1. The third-order valence-electron chi connectivity index (χ3n) is 11.9. The lowest BCUT2D eigenvalue weighted by Crippen LogP contribution is -2.60. The van der Waals surface area contributed by atoms with Crippen LogP contribution >= 0.6 is 11.3 Å². The number of esters is 2. The van der Waals surface area contributed by atoms with Gasteiger partial charge in [-0.1, -0.05) is 13.8 Å². The van der Waals surface area contributed by atoms with Gasteiger partial charge >= 0.3 is 18.0 Å². The van der Waals surface area contributed by atoms with Crippen LogP contribution in [0, 0.1) is 5.41 Å². The van der Waals surface area contributed by atoms with Crippen molar-refractivity contribution < 1.29 is 47.6 Å². The Bertz CT molecular complexity index is 2360. The summed E-state index contributed by atoms with van der Waals surface area (Å²) >= 11 is 1.38. The second-order valence-electron chi connectivity index (χ2n) is 18.7. The zero-order valence-electron chi connectivity index (χ0n) is 38.5. The van der Waals surface area contributed by atoms with Crippen molar-refractivity contribution in [3.63, 3.8) is 0 Å². The Kier molecular flexibility index (Phi) is 14.3. The first-order valence-electron chi connectivity index (χ1n) is 22.1. The van der Waals surface area contributed by atoms with Gasteiger partial charge in [-0.15, -0.1) is 11.3 Å². The quantitative estimate of drug-likeness (QED) is 0.0971. The van der Waals surface area contributed by atoms with Gasteiger partial charge in [0.05, 0.1) is 54.0 Å². The number of alkyl carbamates (subject to hydrolysis) is 1. The number of hydrazine groups is 1. The first-order chi connectivity index (χ1) is 30.4. The molecule has 0 aliphatic carbocycles. The van der Waals surface area contributed by atoms with E-state index in [-0.39, 0.29) is 25.1 Å². The topological polar surface area (TPSA) is 182 Å². The lowest BCUT2D eigenvalue weighted by atomic mass is 9.83. The maximum absolute atomic E-state index is 14.1. The Morgan fingerprint density at radius 2 is 1.80 bits per heavy atom. The summed E-state index contributed by atoms with van der Waals surface area (Å²) in [6.45, 7) is 15.9. The zero-order chi connectivity index (χ0) is 45.9. The minimum atomic E-state index is -1.05. The van der Waals surface area contributed by atoms with Crippen LogP contribution in [0.1, 0.15) is 108 Å². The van der Waals surface area contributed by atoms with E-state index in [2.05, 4.69) is 41.3 Å². The molecule has 3 aromatic heterocycles. The zero-order valence-corrected chi connectivity index (χ0v) is 39.3. The third-order valence-corrected chi connectivity index (χ3v) is 12.8. The Morgan fingerprint density at radius 1 is 1.03 bits per heavy atom. The minimum absolute atomic E-state index is 0.0719. The van der Waals surface area contributed by atoms with Crippen molar-refractivity contribution >= 4 is 46.2 Å². The summed E-state index contributed by atoms with van der Waals surface area (Å²) < 4.78 is 36.6. The normalized spacial score (nSPS) is 18.0. The molecule has 0 saturated carbocycles. The number of carbonyl (C=O) groups excluding carboxylic acids is 4. The Morgan fingerprint density at radius 3 is 2.50 bits per heavy atom. The highest BCUT2D eigenvalue weighted by molar-refractivity contribution is 7.10. The molecule has 17 heteroatoms. The van der Waals surface area contributed by atoms with E-state index in [4.69, 9.17) is 38.4 Å². The Balaban J connectivity index is 1.31. The van der Waals surface area contributed by atoms with Crippen molar-refractivity contribution in [3.8, 4) is 28.3 Å². The van der Waals surface area contributed by atoms with E-state index < -0.39 is 41.1 Å². The van der Waals surface area contributed by atoms with Crippen molar-refractivity contribution in [1.82, 2.24) is 30.3 Å². The number of pyridine rings is 1. The van der Waals surface area contributed by atoms with Crippen LogP contribution in [0.25, 0.3) is 33.4 Å². The van der Waals surface area contributed by atoms with Gasteiger partial charge in [-0.2, -0.15) is 0 Å². The SMILES string of the molecule is COC(=O)[C@@H]1CCCN(C(=O)[C@H](Cc2nc(-c3cc4c5c(c3)c(CC(C)(C)COC(C)=O)c(-c3cc(C6CCOCC6)cnc3[C@H](C)OC)n5CCO4)cs2)NC(=O)OC(C)(C)C)N1. The molecule has 2 fully saturated rings. The lowest BCUT2D eigenvalue weighted by Gasteiger charge is -2.34. The molecule has 16 nitrogen and oxygen atoms in total. The molecular formula is C47H62N6O10S. The largest absolute Gasteiger partial charge is 0.489 e. The summed E-state index contributed by atoms with van der Waals surface area (Å²) in [5.74, 6) is -0.207. The molecule has 0 unspecified atom stereocenters. The van der Waals surface area contributed by atoms with Gasteiger partial charge in [-0.3, -0.25) is 24.4 Å². The van der Waals surface area contributed by atoms with Crippen molar-refractivity contribution in [3.05, 3.63) is 51.6 Å². The molecule has 3 atom stereocenters. The van der Waals surface area contributed by atoms with Crippen molar-refractivity contribution in [2.45, 2.75) is 123 Å². The number of rotatable bonds is 14. The summed E-state index contributed by atoms with van der Waals surface area (Å²) in [5.41, 5.74) is 9.26. The van der Waals surface area contributed by atoms with Gasteiger partial charge in [0.15, 0.2) is 0 Å². The molecule has 0 spiro atoms. The number of ether oxygens (including phenoxy) is 6. The molecule has 64 heavy (non-hydrogen) atoms. The molecule has 2 amide bonds. The molecule has 3 aliphatic rings. The third kappa shape index (κ3) is 10.7. The first-order valence-corrected chi connectivity index (χ1v) is 23.0. The highest BCUT2D eigenvalue weighted by Gasteiger charge is 2.36. The molecule has 3 aliphatic heterocycles. The fraction of sp³-hybridized carbons (Fsp3) is 0.574. The number of carbonyl (C=O) groups is 4. The number of amides is 2. The van der Waals surface area contributed by atoms with Crippen LogP contribution in [-0.2, 0) is 57.5 Å². The Hall–Kier alpha value is -5.10. The summed E-state index contributed by atoms with van der Waals surface area (Å²) in [6.07, 6.45) is 4.50. The van der Waals surface area contributed by atoms with Crippen LogP contribution in [0.4, 0.5) is 4.79 Å². The van der Waals surface area contributed by atoms with E-state index in [0.29, 0.717) is 74.5 Å². The molecule has 4 aromatic rings. The van der Waals surface area contributed by atoms with Crippen LogP contribution < -0.4 is 15.5 Å². The summed E-state index contributed by atoms with van der Waals surface area (Å²) in [5, 5.41) is 7.67. The fourth-order valence-electron chi connectivity index (χ4n) is 8.74.